The van der Waals surface area contributed by atoms with Crippen molar-refractivity contribution in [2.75, 3.05) is 0 Å². The van der Waals surface area contributed by atoms with Crippen molar-refractivity contribution in [1.29, 1.82) is 0 Å². The van der Waals surface area contributed by atoms with Gasteiger partial charge < -0.3 is 5.21 Å². The standard InChI is InChI=1S/C17H17Cl2NO/c18-15-9-8-11(10-16(15)19)12-6-3-7-17(20-21)14-5-2-1-4-13(12)14/h1-2,4-5,8-10,12,17,20-21H,3,6-7H2. The van der Waals surface area contributed by atoms with Gasteiger partial charge in [-0.05, 0) is 41.7 Å². The summed E-state index contributed by atoms with van der Waals surface area (Å²) in [6.07, 6.45) is 3.00. The van der Waals surface area contributed by atoms with E-state index in [-0.39, 0.29) is 12.0 Å². The van der Waals surface area contributed by atoms with Crippen LogP contribution in [-0.2, 0) is 0 Å². The lowest BCUT2D eigenvalue weighted by Crippen LogP contribution is -2.17. The molecule has 1 aliphatic rings. The molecule has 3 rings (SSSR count). The van der Waals surface area contributed by atoms with Crippen LogP contribution in [0.1, 0.15) is 47.9 Å². The van der Waals surface area contributed by atoms with Gasteiger partial charge in [0.25, 0.3) is 0 Å². The van der Waals surface area contributed by atoms with Gasteiger partial charge in [0.15, 0.2) is 0 Å². The highest BCUT2D eigenvalue weighted by Crippen LogP contribution is 2.40. The Balaban J connectivity index is 2.07. The Kier molecular flexibility index (Phi) is 4.51. The van der Waals surface area contributed by atoms with Crippen LogP contribution in [0.15, 0.2) is 42.5 Å². The Hall–Kier alpha value is -1.06. The van der Waals surface area contributed by atoms with E-state index in [1.807, 2.05) is 30.3 Å². The normalized spacial score (nSPS) is 21.7. The molecule has 0 aromatic heterocycles. The summed E-state index contributed by atoms with van der Waals surface area (Å²) in [7, 11) is 0. The zero-order valence-corrected chi connectivity index (χ0v) is 13.0. The molecule has 0 heterocycles. The maximum absolute atomic E-state index is 9.41. The average molecular weight is 322 g/mol. The molecule has 0 aliphatic heterocycles. The fourth-order valence-corrected chi connectivity index (χ4v) is 3.50. The fraction of sp³-hybridized carbons (Fsp3) is 0.294. The molecule has 0 saturated heterocycles. The molecule has 2 atom stereocenters. The van der Waals surface area contributed by atoms with Gasteiger partial charge in [-0.25, -0.2) is 0 Å². The molecular weight excluding hydrogens is 305 g/mol. The molecule has 2 unspecified atom stereocenters. The smallest absolute Gasteiger partial charge is 0.0595 e. The fourth-order valence-electron chi connectivity index (χ4n) is 3.19. The summed E-state index contributed by atoms with van der Waals surface area (Å²) in [5, 5.41) is 10.6. The van der Waals surface area contributed by atoms with Crippen LogP contribution in [0, 0.1) is 0 Å². The van der Waals surface area contributed by atoms with Crippen molar-refractivity contribution in [1.82, 2.24) is 5.48 Å². The number of halogens is 2. The van der Waals surface area contributed by atoms with E-state index >= 15 is 0 Å². The highest BCUT2D eigenvalue weighted by Gasteiger charge is 2.25. The molecule has 0 amide bonds. The van der Waals surface area contributed by atoms with Crippen LogP contribution in [0.25, 0.3) is 0 Å². The average Bonchev–Trinajstić information content (AvgIpc) is 2.69. The van der Waals surface area contributed by atoms with Crippen molar-refractivity contribution in [3.8, 4) is 0 Å². The van der Waals surface area contributed by atoms with Crippen LogP contribution < -0.4 is 5.48 Å². The Labute approximate surface area is 134 Å². The summed E-state index contributed by atoms with van der Waals surface area (Å²) in [5.74, 6) is 0.286. The van der Waals surface area contributed by atoms with Crippen LogP contribution in [0.5, 0.6) is 0 Å². The topological polar surface area (TPSA) is 32.3 Å². The third-order valence-electron chi connectivity index (χ3n) is 4.23. The summed E-state index contributed by atoms with van der Waals surface area (Å²) >= 11 is 12.2. The van der Waals surface area contributed by atoms with Gasteiger partial charge in [0.1, 0.15) is 0 Å². The van der Waals surface area contributed by atoms with Gasteiger partial charge in [-0.3, -0.25) is 0 Å². The highest BCUT2D eigenvalue weighted by atomic mass is 35.5. The molecule has 0 saturated carbocycles. The summed E-state index contributed by atoms with van der Waals surface area (Å²) in [4.78, 5) is 0. The van der Waals surface area contributed by atoms with E-state index in [2.05, 4.69) is 17.6 Å². The minimum absolute atomic E-state index is 0.00558. The molecule has 1 aliphatic carbocycles. The van der Waals surface area contributed by atoms with Crippen LogP contribution in [0.4, 0.5) is 0 Å². The van der Waals surface area contributed by atoms with E-state index in [1.54, 1.807) is 0 Å². The summed E-state index contributed by atoms with van der Waals surface area (Å²) in [5.41, 5.74) is 6.03. The van der Waals surface area contributed by atoms with Crippen LogP contribution in [0.2, 0.25) is 10.0 Å². The molecular formula is C17H17Cl2NO. The van der Waals surface area contributed by atoms with Crippen molar-refractivity contribution in [2.45, 2.75) is 31.2 Å². The van der Waals surface area contributed by atoms with Gasteiger partial charge in [-0.2, -0.15) is 5.48 Å². The highest BCUT2D eigenvalue weighted by molar-refractivity contribution is 6.42. The molecule has 21 heavy (non-hydrogen) atoms. The number of nitrogens with one attached hydrogen (secondary N) is 1. The minimum Gasteiger partial charge on any atom is -0.316 e. The minimum atomic E-state index is -0.00558. The van der Waals surface area contributed by atoms with Crippen LogP contribution >= 0.6 is 23.2 Å². The zero-order valence-electron chi connectivity index (χ0n) is 11.5. The summed E-state index contributed by atoms with van der Waals surface area (Å²) < 4.78 is 0. The Bertz CT molecular complexity index is 644. The largest absolute Gasteiger partial charge is 0.316 e. The van der Waals surface area contributed by atoms with E-state index in [1.165, 1.54) is 11.1 Å². The first-order valence-corrected chi connectivity index (χ1v) is 7.89. The molecule has 0 bridgehead atoms. The number of hydroxylamine groups is 1. The van der Waals surface area contributed by atoms with Crippen LogP contribution in [-0.4, -0.2) is 5.21 Å². The first-order chi connectivity index (χ1) is 10.2. The number of hydrogen-bond donors (Lipinski definition) is 2. The maximum atomic E-state index is 9.41. The second-order valence-corrected chi connectivity index (χ2v) is 6.28. The molecule has 0 fully saturated rings. The lowest BCUT2D eigenvalue weighted by atomic mass is 9.86. The van der Waals surface area contributed by atoms with Crippen LogP contribution in [0.3, 0.4) is 0 Å². The third-order valence-corrected chi connectivity index (χ3v) is 4.97. The Morgan fingerprint density at radius 2 is 1.71 bits per heavy atom. The van der Waals surface area contributed by atoms with Crippen molar-refractivity contribution in [3.05, 3.63) is 69.2 Å². The van der Waals surface area contributed by atoms with Gasteiger partial charge in [-0.15, -0.1) is 0 Å². The first kappa shape index (κ1) is 14.9. The van der Waals surface area contributed by atoms with Crippen molar-refractivity contribution < 1.29 is 5.21 Å². The Morgan fingerprint density at radius 1 is 0.952 bits per heavy atom. The molecule has 2 nitrogen and oxygen atoms in total. The van der Waals surface area contributed by atoms with Crippen molar-refractivity contribution in [3.63, 3.8) is 0 Å². The van der Waals surface area contributed by atoms with Crippen molar-refractivity contribution >= 4 is 23.2 Å². The number of fused-ring (bicyclic) bond motifs is 1. The van der Waals surface area contributed by atoms with Gasteiger partial charge >= 0.3 is 0 Å². The molecule has 110 valence electrons. The molecule has 4 heteroatoms. The molecule has 2 aromatic rings. The molecule has 2 aromatic carbocycles. The molecule has 0 radical (unpaired) electrons. The summed E-state index contributed by atoms with van der Waals surface area (Å²) in [6.45, 7) is 0. The van der Waals surface area contributed by atoms with E-state index in [4.69, 9.17) is 23.2 Å². The van der Waals surface area contributed by atoms with Gasteiger partial charge in [0.05, 0.1) is 16.1 Å². The maximum Gasteiger partial charge on any atom is 0.0595 e. The first-order valence-electron chi connectivity index (χ1n) is 7.14. The Morgan fingerprint density at radius 3 is 2.43 bits per heavy atom. The number of rotatable bonds is 2. The van der Waals surface area contributed by atoms with Gasteiger partial charge in [0, 0.05) is 5.92 Å². The zero-order chi connectivity index (χ0) is 14.8. The van der Waals surface area contributed by atoms with E-state index in [0.717, 1.165) is 24.8 Å². The SMILES string of the molecule is ONC1CCCC(c2ccc(Cl)c(Cl)c2)c2ccccc21. The lowest BCUT2D eigenvalue weighted by molar-refractivity contribution is 0.121. The predicted octanol–water partition coefficient (Wildman–Crippen LogP) is 5.33. The summed E-state index contributed by atoms with van der Waals surface area (Å²) in [6, 6.07) is 14.1. The quantitative estimate of drug-likeness (QED) is 0.578. The second-order valence-electron chi connectivity index (χ2n) is 5.47. The third kappa shape index (κ3) is 2.95. The van der Waals surface area contributed by atoms with Gasteiger partial charge in [0.2, 0.25) is 0 Å². The van der Waals surface area contributed by atoms with E-state index in [0.29, 0.717) is 10.0 Å². The lowest BCUT2D eigenvalue weighted by Gasteiger charge is -2.20. The molecule has 2 N–H and O–H groups in total. The number of benzene rings is 2. The monoisotopic (exact) mass is 321 g/mol. The van der Waals surface area contributed by atoms with Gasteiger partial charge in [-0.1, -0.05) is 60.0 Å². The predicted molar refractivity (Wildman–Crippen MR) is 86.3 cm³/mol. The van der Waals surface area contributed by atoms with Crippen molar-refractivity contribution in [2.24, 2.45) is 0 Å². The second kappa shape index (κ2) is 6.37. The molecule has 0 spiro atoms. The van der Waals surface area contributed by atoms with E-state index in [9.17, 15) is 5.21 Å². The van der Waals surface area contributed by atoms with E-state index < -0.39 is 0 Å². The number of hydrogen-bond acceptors (Lipinski definition) is 2.